The predicted octanol–water partition coefficient (Wildman–Crippen LogP) is 4.37. The molecule has 0 aliphatic rings. The summed E-state index contributed by atoms with van der Waals surface area (Å²) in [6, 6.07) is 9.27. The molecule has 0 saturated carbocycles. The van der Waals surface area contributed by atoms with Gasteiger partial charge < -0.3 is 0 Å². The molecule has 4 aromatic rings. The van der Waals surface area contributed by atoms with Crippen LogP contribution in [0.3, 0.4) is 0 Å². The maximum Gasteiger partial charge on any atom is 0.267 e. The van der Waals surface area contributed by atoms with E-state index in [-0.39, 0.29) is 5.91 Å². The summed E-state index contributed by atoms with van der Waals surface area (Å²) in [4.78, 5) is 17.1. The lowest BCUT2D eigenvalue weighted by Gasteiger charge is -2.05. The van der Waals surface area contributed by atoms with E-state index in [1.165, 1.54) is 11.3 Å². The minimum absolute atomic E-state index is 0.206. The Hall–Kier alpha value is -2.62. The number of anilines is 1. The van der Waals surface area contributed by atoms with Gasteiger partial charge in [-0.2, -0.15) is 9.36 Å². The van der Waals surface area contributed by atoms with Gasteiger partial charge in [0.2, 0.25) is 5.13 Å². The van der Waals surface area contributed by atoms with Crippen LogP contribution >= 0.6 is 34.5 Å². The molecule has 0 unspecified atom stereocenters. The molecule has 1 N–H and O–H groups in total. The van der Waals surface area contributed by atoms with E-state index in [1.807, 2.05) is 43.5 Å². The topological polar surface area (TPSA) is 85.6 Å². The monoisotopic (exact) mass is 416 g/mol. The van der Waals surface area contributed by atoms with E-state index in [0.717, 1.165) is 28.5 Å². The van der Waals surface area contributed by atoms with Crippen molar-refractivity contribution < 1.29 is 4.79 Å². The molecule has 0 aliphatic heterocycles. The van der Waals surface area contributed by atoms with Crippen LogP contribution in [0.15, 0.2) is 35.7 Å². The average molecular weight is 417 g/mol. The van der Waals surface area contributed by atoms with Gasteiger partial charge in [0.25, 0.3) is 5.91 Å². The molecule has 3 aromatic heterocycles. The third kappa shape index (κ3) is 3.48. The molecule has 0 spiro atoms. The highest BCUT2D eigenvalue weighted by molar-refractivity contribution is 7.12. The Bertz CT molecular complexity index is 1120. The highest BCUT2D eigenvalue weighted by atomic mass is 35.5. The molecule has 0 fully saturated rings. The van der Waals surface area contributed by atoms with Crippen LogP contribution < -0.4 is 5.32 Å². The van der Waals surface area contributed by atoms with Crippen LogP contribution in [0.5, 0.6) is 0 Å². The van der Waals surface area contributed by atoms with Crippen molar-refractivity contribution >= 4 is 45.5 Å². The number of amides is 1. The Kier molecular flexibility index (Phi) is 4.73. The highest BCUT2D eigenvalue weighted by Crippen LogP contribution is 2.26. The van der Waals surface area contributed by atoms with Crippen LogP contribution in [-0.2, 0) is 0 Å². The van der Waals surface area contributed by atoms with Crippen LogP contribution in [0.4, 0.5) is 5.13 Å². The van der Waals surface area contributed by atoms with Gasteiger partial charge >= 0.3 is 0 Å². The Morgan fingerprint density at radius 3 is 2.85 bits per heavy atom. The van der Waals surface area contributed by atoms with Gasteiger partial charge in [0.15, 0.2) is 11.5 Å². The van der Waals surface area contributed by atoms with Crippen molar-refractivity contribution in [1.29, 1.82) is 0 Å². The fourth-order valence-corrected chi connectivity index (χ4v) is 3.79. The molecule has 0 aliphatic carbocycles. The number of nitrogens with one attached hydrogen (secondary N) is 1. The zero-order chi connectivity index (χ0) is 19.0. The van der Waals surface area contributed by atoms with Crippen molar-refractivity contribution in [3.05, 3.63) is 56.9 Å². The predicted molar refractivity (Wildman–Crippen MR) is 107 cm³/mol. The summed E-state index contributed by atoms with van der Waals surface area (Å²) in [6.07, 6.45) is 0. The van der Waals surface area contributed by atoms with Crippen LogP contribution in [0.1, 0.15) is 20.9 Å². The molecule has 136 valence electrons. The second-order valence-corrected chi connectivity index (χ2v) is 7.83. The van der Waals surface area contributed by atoms with Crippen molar-refractivity contribution in [2.24, 2.45) is 0 Å². The first-order valence-electron chi connectivity index (χ1n) is 7.90. The number of rotatable bonds is 4. The molecule has 1 aromatic carbocycles. The summed E-state index contributed by atoms with van der Waals surface area (Å²) in [5.41, 5.74) is 3.14. The number of benzene rings is 1. The van der Waals surface area contributed by atoms with Crippen molar-refractivity contribution in [1.82, 2.24) is 24.4 Å². The maximum atomic E-state index is 12.1. The minimum Gasteiger partial charge on any atom is -0.296 e. The molecular weight excluding hydrogens is 404 g/mol. The lowest BCUT2D eigenvalue weighted by atomic mass is 10.2. The summed E-state index contributed by atoms with van der Waals surface area (Å²) >= 11 is 8.68. The summed E-state index contributed by atoms with van der Waals surface area (Å²) < 4.78 is 5.98. The standard InChI is InChI=1S/C17H13ClN6OS2/c1-9-5-6-11(8-12(9)18)24-10(2)14(21-23-24)15-19-17(27-22-15)20-16(25)13-4-3-7-26-13/h3-8H,1-2H3,(H,19,20,22,25). The number of carbonyl (C=O) groups is 1. The molecule has 3 heterocycles. The summed E-state index contributed by atoms with van der Waals surface area (Å²) in [7, 11) is 0. The van der Waals surface area contributed by atoms with Gasteiger partial charge in [-0.3, -0.25) is 10.1 Å². The Labute approximate surface area is 167 Å². The van der Waals surface area contributed by atoms with Gasteiger partial charge in [0.05, 0.1) is 16.3 Å². The number of thiophene rings is 1. The van der Waals surface area contributed by atoms with Gasteiger partial charge in [0, 0.05) is 16.6 Å². The lowest BCUT2D eigenvalue weighted by molar-refractivity contribution is 0.103. The first-order valence-corrected chi connectivity index (χ1v) is 9.94. The van der Waals surface area contributed by atoms with Crippen LogP contribution in [0.2, 0.25) is 5.02 Å². The fraction of sp³-hybridized carbons (Fsp3) is 0.118. The van der Waals surface area contributed by atoms with Gasteiger partial charge in [-0.25, -0.2) is 4.68 Å². The summed E-state index contributed by atoms with van der Waals surface area (Å²) in [5, 5.41) is 14.1. The first kappa shape index (κ1) is 17.8. The number of aryl methyl sites for hydroxylation is 1. The Balaban J connectivity index is 1.60. The van der Waals surface area contributed by atoms with E-state index in [0.29, 0.717) is 26.5 Å². The van der Waals surface area contributed by atoms with E-state index < -0.39 is 0 Å². The van der Waals surface area contributed by atoms with Crippen molar-refractivity contribution in [3.63, 3.8) is 0 Å². The van der Waals surface area contributed by atoms with E-state index in [2.05, 4.69) is 25.0 Å². The summed E-state index contributed by atoms with van der Waals surface area (Å²) in [6.45, 7) is 3.82. The van der Waals surface area contributed by atoms with Crippen LogP contribution in [0.25, 0.3) is 17.2 Å². The van der Waals surface area contributed by atoms with Gasteiger partial charge in [-0.1, -0.05) is 28.9 Å². The third-order valence-electron chi connectivity index (χ3n) is 3.90. The Morgan fingerprint density at radius 1 is 1.26 bits per heavy atom. The van der Waals surface area contributed by atoms with Crippen molar-refractivity contribution in [2.75, 3.05) is 5.32 Å². The molecule has 4 rings (SSSR count). The molecule has 0 saturated heterocycles. The van der Waals surface area contributed by atoms with Crippen LogP contribution in [0, 0.1) is 13.8 Å². The SMILES string of the molecule is Cc1ccc(-n2nnc(-c3nsc(NC(=O)c4cccs4)n3)c2C)cc1Cl. The van der Waals surface area contributed by atoms with Crippen molar-refractivity contribution in [3.8, 4) is 17.2 Å². The minimum atomic E-state index is -0.206. The normalized spacial score (nSPS) is 10.9. The van der Waals surface area contributed by atoms with Gasteiger partial charge in [0.1, 0.15) is 0 Å². The number of halogens is 1. The second-order valence-electron chi connectivity index (χ2n) is 5.72. The molecule has 7 nitrogen and oxygen atoms in total. The lowest BCUT2D eigenvalue weighted by Crippen LogP contribution is -2.09. The quantitative estimate of drug-likeness (QED) is 0.533. The third-order valence-corrected chi connectivity index (χ3v) is 5.80. The smallest absolute Gasteiger partial charge is 0.267 e. The second kappa shape index (κ2) is 7.18. The highest BCUT2D eigenvalue weighted by Gasteiger charge is 2.18. The average Bonchev–Trinajstić information content (AvgIpc) is 3.38. The molecule has 27 heavy (non-hydrogen) atoms. The van der Waals surface area contributed by atoms with Gasteiger partial charge in [-0.15, -0.1) is 16.4 Å². The van der Waals surface area contributed by atoms with E-state index in [1.54, 1.807) is 10.7 Å². The summed E-state index contributed by atoms with van der Waals surface area (Å²) in [5.74, 6) is 0.214. The zero-order valence-electron chi connectivity index (χ0n) is 14.3. The number of hydrogen-bond donors (Lipinski definition) is 1. The molecule has 0 radical (unpaired) electrons. The van der Waals surface area contributed by atoms with E-state index in [4.69, 9.17) is 11.6 Å². The molecule has 0 bridgehead atoms. The zero-order valence-corrected chi connectivity index (χ0v) is 16.7. The van der Waals surface area contributed by atoms with Crippen molar-refractivity contribution in [2.45, 2.75) is 13.8 Å². The fourth-order valence-electron chi connectivity index (χ4n) is 2.43. The maximum absolute atomic E-state index is 12.1. The number of hydrogen-bond acceptors (Lipinski definition) is 7. The van der Waals surface area contributed by atoms with Gasteiger partial charge in [-0.05, 0) is 43.0 Å². The first-order chi connectivity index (χ1) is 13.0. The molecule has 10 heteroatoms. The van der Waals surface area contributed by atoms with E-state index in [9.17, 15) is 4.79 Å². The molecule has 0 atom stereocenters. The number of aromatic nitrogens is 5. The Morgan fingerprint density at radius 2 is 2.11 bits per heavy atom. The largest absolute Gasteiger partial charge is 0.296 e. The number of nitrogens with zero attached hydrogens (tertiary/aromatic N) is 5. The van der Waals surface area contributed by atoms with E-state index >= 15 is 0 Å². The molecular formula is C17H13ClN6OS2. The van der Waals surface area contributed by atoms with Crippen LogP contribution in [-0.4, -0.2) is 30.3 Å². The number of carbonyl (C=O) groups excluding carboxylic acids is 1. The molecule has 1 amide bonds.